The highest BCUT2D eigenvalue weighted by Crippen LogP contribution is 2.41. The van der Waals surface area contributed by atoms with Gasteiger partial charge in [0.1, 0.15) is 0 Å². The van der Waals surface area contributed by atoms with Crippen molar-refractivity contribution in [1.29, 1.82) is 0 Å². The summed E-state index contributed by atoms with van der Waals surface area (Å²) in [5.41, 5.74) is 0. The molecule has 0 radical (unpaired) electrons. The van der Waals surface area contributed by atoms with E-state index in [1.165, 1.54) is 30.6 Å². The third-order valence-electron chi connectivity index (χ3n) is 7.10. The molecule has 0 aromatic heterocycles. The summed E-state index contributed by atoms with van der Waals surface area (Å²) in [6.45, 7) is 25.5. The summed E-state index contributed by atoms with van der Waals surface area (Å²) >= 11 is 0. The zero-order valence-corrected chi connectivity index (χ0v) is 19.2. The van der Waals surface area contributed by atoms with E-state index in [4.69, 9.17) is 0 Å². The molecule has 0 aliphatic heterocycles. The molecule has 0 spiro atoms. The predicted octanol–water partition coefficient (Wildman–Crippen LogP) is 7.18. The Labute approximate surface area is 133 Å². The van der Waals surface area contributed by atoms with E-state index < -0.39 is 23.3 Å². The molecule has 0 unspecified atom stereocenters. The van der Waals surface area contributed by atoms with Crippen LogP contribution in [0.4, 0.5) is 0 Å². The van der Waals surface area contributed by atoms with E-state index in [-0.39, 0.29) is 0 Å². The summed E-state index contributed by atoms with van der Waals surface area (Å²) in [6.07, 6.45) is 1.52. The molecule has 0 amide bonds. The van der Waals surface area contributed by atoms with Crippen molar-refractivity contribution < 1.29 is 0 Å². The highest BCUT2D eigenvalue weighted by molar-refractivity contribution is 7.41. The molecule has 0 aliphatic carbocycles. The van der Waals surface area contributed by atoms with Crippen LogP contribution in [0.1, 0.15) is 48.0 Å². The fourth-order valence-corrected chi connectivity index (χ4v) is 22.7. The Kier molecular flexibility index (Phi) is 7.51. The van der Waals surface area contributed by atoms with Crippen molar-refractivity contribution in [2.45, 2.75) is 109 Å². The lowest BCUT2D eigenvalue weighted by molar-refractivity contribution is 0.709. The molecule has 0 saturated heterocycles. The molecule has 3 heteroatoms. The van der Waals surface area contributed by atoms with E-state index >= 15 is 0 Å². The Morgan fingerprint density at radius 3 is 1.40 bits per heavy atom. The van der Waals surface area contributed by atoms with Crippen LogP contribution in [0.3, 0.4) is 0 Å². The molecule has 0 bridgehead atoms. The highest BCUT2D eigenvalue weighted by atomic mass is 29.3. The highest BCUT2D eigenvalue weighted by Gasteiger charge is 2.44. The maximum Gasteiger partial charge on any atom is 0.0527 e. The summed E-state index contributed by atoms with van der Waals surface area (Å²) in [4.78, 5) is 0. The Morgan fingerprint density at radius 2 is 1.10 bits per heavy atom. The van der Waals surface area contributed by atoms with Crippen LogP contribution in [0.15, 0.2) is 0 Å². The average molecular weight is 331 g/mol. The maximum atomic E-state index is 2.72. The summed E-state index contributed by atoms with van der Waals surface area (Å²) in [7, 11) is -2.97. The van der Waals surface area contributed by atoms with Gasteiger partial charge in [0.15, 0.2) is 0 Å². The monoisotopic (exact) mass is 330 g/mol. The van der Waals surface area contributed by atoms with Gasteiger partial charge in [-0.05, 0) is 5.04 Å². The van der Waals surface area contributed by atoms with E-state index in [1.54, 1.807) is 6.04 Å². The van der Waals surface area contributed by atoms with E-state index in [0.29, 0.717) is 5.04 Å². The first-order valence-electron chi connectivity index (χ1n) is 8.89. The lowest BCUT2D eigenvalue weighted by Gasteiger charge is -2.44. The van der Waals surface area contributed by atoms with Crippen molar-refractivity contribution in [2.75, 3.05) is 0 Å². The van der Waals surface area contributed by atoms with Gasteiger partial charge in [0, 0.05) is 15.2 Å². The van der Waals surface area contributed by atoms with Crippen LogP contribution in [-0.4, -0.2) is 23.3 Å². The number of hydrogen-bond donors (Lipinski definition) is 0. The van der Waals surface area contributed by atoms with Crippen molar-refractivity contribution in [3.8, 4) is 0 Å². The molecule has 0 aromatic carbocycles. The van der Waals surface area contributed by atoms with Gasteiger partial charge in [-0.15, -0.1) is 0 Å². The molecule has 0 N–H and O–H groups in total. The van der Waals surface area contributed by atoms with Gasteiger partial charge in [-0.25, -0.2) is 0 Å². The molecule has 0 heterocycles. The van der Waals surface area contributed by atoms with Crippen molar-refractivity contribution in [2.24, 2.45) is 0 Å². The van der Waals surface area contributed by atoms with Crippen molar-refractivity contribution in [1.82, 2.24) is 0 Å². The Balaban J connectivity index is 4.73. The smallest absolute Gasteiger partial charge is 0.0527 e. The quantitative estimate of drug-likeness (QED) is 0.413. The predicted molar refractivity (Wildman–Crippen MR) is 106 cm³/mol. The molecule has 0 fully saturated rings. The maximum absolute atomic E-state index is 2.72. The number of rotatable bonds is 8. The largest absolute Gasteiger partial charge is 0.0713 e. The second kappa shape index (κ2) is 7.28. The van der Waals surface area contributed by atoms with Gasteiger partial charge < -0.3 is 0 Å². The molecule has 0 rings (SSSR count). The van der Waals surface area contributed by atoms with Gasteiger partial charge in [0.05, 0.1) is 8.07 Å². The van der Waals surface area contributed by atoms with Crippen LogP contribution in [0.2, 0.25) is 61.4 Å². The molecular weight excluding hydrogens is 288 g/mol. The van der Waals surface area contributed by atoms with Gasteiger partial charge >= 0.3 is 0 Å². The lowest BCUT2D eigenvalue weighted by atomic mass is 10.2. The van der Waals surface area contributed by atoms with E-state index in [9.17, 15) is 0 Å². The summed E-state index contributed by atoms with van der Waals surface area (Å²) in [5, 5.41) is 0.563. The van der Waals surface area contributed by atoms with Crippen molar-refractivity contribution in [3.63, 3.8) is 0 Å². The average Bonchev–Trinajstić information content (AvgIpc) is 2.29. The summed E-state index contributed by atoms with van der Waals surface area (Å²) in [6, 6.07) is 7.72. The van der Waals surface area contributed by atoms with Gasteiger partial charge in [-0.2, -0.15) is 0 Å². The summed E-state index contributed by atoms with van der Waals surface area (Å²) in [5.74, 6) is 0. The molecule has 20 heavy (non-hydrogen) atoms. The van der Waals surface area contributed by atoms with Crippen LogP contribution < -0.4 is 0 Å². The Bertz CT molecular complexity index is 275. The van der Waals surface area contributed by atoms with Gasteiger partial charge in [0.2, 0.25) is 0 Å². The van der Waals surface area contributed by atoms with Crippen LogP contribution >= 0.6 is 0 Å². The minimum Gasteiger partial charge on any atom is -0.0713 e. The first kappa shape index (κ1) is 20.7. The first-order valence-corrected chi connectivity index (χ1v) is 18.9. The molecule has 0 nitrogen and oxygen atoms in total. The molecule has 0 atom stereocenters. The van der Waals surface area contributed by atoms with Crippen LogP contribution in [-0.2, 0) is 0 Å². The minimum absolute atomic E-state index is 0.563. The first-order chi connectivity index (χ1) is 8.89. The third kappa shape index (κ3) is 4.57. The third-order valence-corrected chi connectivity index (χ3v) is 33.8. The van der Waals surface area contributed by atoms with Gasteiger partial charge in [0.25, 0.3) is 0 Å². The number of hydrogen-bond acceptors (Lipinski definition) is 0. The normalized spacial score (nSPS) is 14.7. The second-order valence-corrected chi connectivity index (χ2v) is 31.2. The van der Waals surface area contributed by atoms with Gasteiger partial charge in [-0.3, -0.25) is 0 Å². The van der Waals surface area contributed by atoms with Gasteiger partial charge in [-0.1, -0.05) is 104 Å². The molecule has 122 valence electrons. The fraction of sp³-hybridized carbons (Fsp3) is 1.00. The second-order valence-electron chi connectivity index (χ2n) is 9.21. The van der Waals surface area contributed by atoms with Crippen molar-refractivity contribution in [3.05, 3.63) is 0 Å². The van der Waals surface area contributed by atoms with Crippen LogP contribution in [0, 0.1) is 0 Å². The Morgan fingerprint density at radius 1 is 0.700 bits per heavy atom. The molecular formula is C17H42Si3. The zero-order chi connectivity index (χ0) is 16.2. The summed E-state index contributed by atoms with van der Waals surface area (Å²) < 4.78 is 0. The molecule has 0 aliphatic rings. The molecule has 0 aromatic rings. The zero-order valence-electron chi connectivity index (χ0n) is 16.2. The van der Waals surface area contributed by atoms with Crippen LogP contribution in [0.25, 0.3) is 0 Å². The minimum atomic E-state index is -1.06. The topological polar surface area (TPSA) is 0 Å². The van der Waals surface area contributed by atoms with E-state index in [0.717, 1.165) is 0 Å². The standard InChI is InChI=1S/C17H42Si3/c1-11-20(12-2,13-3)19(9,10)16-14-15-18(7,8)17(4,5)6/h11-16H2,1-10H3. The van der Waals surface area contributed by atoms with E-state index in [1.807, 2.05) is 0 Å². The fourth-order valence-electron chi connectivity index (χ4n) is 3.80. The van der Waals surface area contributed by atoms with Crippen molar-refractivity contribution >= 4 is 23.3 Å². The SMILES string of the molecule is CC[Si](CC)(CC)[Si](C)(C)CCC[Si](C)(C)C(C)(C)C. The Hall–Kier alpha value is 0.651. The lowest BCUT2D eigenvalue weighted by Crippen LogP contribution is -2.57. The van der Waals surface area contributed by atoms with Crippen LogP contribution in [0.5, 0.6) is 0 Å². The molecule has 0 saturated carbocycles. The van der Waals surface area contributed by atoms with E-state index in [2.05, 4.69) is 67.7 Å².